The standard InChI is InChI=1S/C27H39NO/c1-17(2)21-12-11-13-22(18(3)4)24(21)28-16-19-14-20(26(5,6)7)15-23(25(19)29)27(8,9)10/h11-18,29H,1-10H3/p-1. The van der Waals surface area contributed by atoms with E-state index in [-0.39, 0.29) is 16.6 Å². The Hall–Kier alpha value is -2.09. The topological polar surface area (TPSA) is 35.4 Å². The van der Waals surface area contributed by atoms with Gasteiger partial charge in [0.05, 0.1) is 5.69 Å². The second kappa shape index (κ2) is 8.34. The molecular weight excluding hydrogens is 354 g/mol. The lowest BCUT2D eigenvalue weighted by molar-refractivity contribution is -0.270. The van der Waals surface area contributed by atoms with Gasteiger partial charge in [-0.05, 0) is 50.5 Å². The molecule has 0 radical (unpaired) electrons. The summed E-state index contributed by atoms with van der Waals surface area (Å²) in [6.45, 7) is 21.6. The summed E-state index contributed by atoms with van der Waals surface area (Å²) in [4.78, 5) is 4.90. The van der Waals surface area contributed by atoms with Crippen LogP contribution in [0.3, 0.4) is 0 Å². The summed E-state index contributed by atoms with van der Waals surface area (Å²) in [5.74, 6) is 0.833. The number of rotatable bonds is 4. The highest BCUT2D eigenvalue weighted by Crippen LogP contribution is 2.37. The predicted octanol–water partition coefficient (Wildman–Crippen LogP) is 7.35. The van der Waals surface area contributed by atoms with Gasteiger partial charge in [-0.15, -0.1) is 0 Å². The third kappa shape index (κ3) is 5.29. The Morgan fingerprint density at radius 1 is 0.828 bits per heavy atom. The summed E-state index contributed by atoms with van der Waals surface area (Å²) in [5.41, 5.74) is 5.92. The summed E-state index contributed by atoms with van der Waals surface area (Å²) in [6, 6.07) is 10.5. The summed E-state index contributed by atoms with van der Waals surface area (Å²) in [5, 5.41) is 13.3. The van der Waals surface area contributed by atoms with E-state index in [1.54, 1.807) is 6.21 Å². The van der Waals surface area contributed by atoms with E-state index in [0.717, 1.165) is 11.3 Å². The van der Waals surface area contributed by atoms with E-state index >= 15 is 0 Å². The zero-order chi connectivity index (χ0) is 22.1. The second-order valence-corrected chi connectivity index (χ2v) is 10.8. The average Bonchev–Trinajstić information content (AvgIpc) is 2.58. The van der Waals surface area contributed by atoms with Gasteiger partial charge in [-0.25, -0.2) is 0 Å². The van der Waals surface area contributed by atoms with Crippen molar-refractivity contribution >= 4 is 11.9 Å². The van der Waals surface area contributed by atoms with E-state index in [1.807, 2.05) is 6.07 Å². The number of hydrogen-bond donors (Lipinski definition) is 0. The van der Waals surface area contributed by atoms with E-state index in [1.165, 1.54) is 16.7 Å². The van der Waals surface area contributed by atoms with Crippen molar-refractivity contribution in [1.82, 2.24) is 0 Å². The molecule has 158 valence electrons. The van der Waals surface area contributed by atoms with Crippen LogP contribution in [0.4, 0.5) is 5.69 Å². The van der Waals surface area contributed by atoms with Crippen molar-refractivity contribution in [3.05, 3.63) is 58.1 Å². The van der Waals surface area contributed by atoms with Crippen LogP contribution < -0.4 is 5.11 Å². The molecule has 0 saturated heterocycles. The minimum atomic E-state index is -0.208. The van der Waals surface area contributed by atoms with Crippen molar-refractivity contribution < 1.29 is 5.11 Å². The van der Waals surface area contributed by atoms with Crippen LogP contribution in [0.15, 0.2) is 35.3 Å². The molecule has 0 atom stereocenters. The van der Waals surface area contributed by atoms with Gasteiger partial charge in [0, 0.05) is 6.21 Å². The highest BCUT2D eigenvalue weighted by atomic mass is 16.3. The van der Waals surface area contributed by atoms with Crippen LogP contribution in [0, 0.1) is 0 Å². The third-order valence-corrected chi connectivity index (χ3v) is 5.47. The Kier molecular flexibility index (Phi) is 6.67. The maximum Gasteiger partial charge on any atom is 0.0699 e. The summed E-state index contributed by atoms with van der Waals surface area (Å²) >= 11 is 0. The molecule has 0 aromatic heterocycles. The van der Waals surface area contributed by atoms with Gasteiger partial charge >= 0.3 is 0 Å². The minimum Gasteiger partial charge on any atom is -0.872 e. The van der Waals surface area contributed by atoms with Crippen molar-refractivity contribution in [3.63, 3.8) is 0 Å². The smallest absolute Gasteiger partial charge is 0.0699 e. The molecule has 0 fully saturated rings. The Balaban J connectivity index is 2.71. The monoisotopic (exact) mass is 392 g/mol. The molecule has 0 aliphatic heterocycles. The molecule has 0 spiro atoms. The SMILES string of the molecule is CC(C)c1cccc(C(C)C)c1N=Cc1cc(C(C)(C)C)cc(C(C)(C)C)c1[O-]. The maximum absolute atomic E-state index is 13.3. The van der Waals surface area contributed by atoms with Crippen LogP contribution in [-0.2, 0) is 10.8 Å². The van der Waals surface area contributed by atoms with Crippen molar-refractivity contribution in [2.75, 3.05) is 0 Å². The quantitative estimate of drug-likeness (QED) is 0.501. The Labute approximate surface area is 178 Å². The summed E-state index contributed by atoms with van der Waals surface area (Å²) in [6.07, 6.45) is 1.79. The molecule has 0 heterocycles. The van der Waals surface area contributed by atoms with E-state index in [4.69, 9.17) is 4.99 Å². The Morgan fingerprint density at radius 3 is 1.76 bits per heavy atom. The van der Waals surface area contributed by atoms with Gasteiger partial charge in [0.25, 0.3) is 0 Å². The molecule has 0 amide bonds. The van der Waals surface area contributed by atoms with Gasteiger partial charge in [-0.1, -0.05) is 105 Å². The maximum atomic E-state index is 13.3. The Bertz CT molecular complexity index is 864. The van der Waals surface area contributed by atoms with Gasteiger partial charge in [-0.2, -0.15) is 0 Å². The molecule has 2 aromatic rings. The molecule has 0 saturated carbocycles. The normalized spacial score (nSPS) is 13.1. The first kappa shape index (κ1) is 23.2. The summed E-state index contributed by atoms with van der Waals surface area (Å²) in [7, 11) is 0. The van der Waals surface area contributed by atoms with Gasteiger partial charge < -0.3 is 5.11 Å². The van der Waals surface area contributed by atoms with Gasteiger partial charge in [0.15, 0.2) is 0 Å². The third-order valence-electron chi connectivity index (χ3n) is 5.47. The number of benzene rings is 2. The van der Waals surface area contributed by atoms with Crippen LogP contribution in [0.1, 0.15) is 109 Å². The molecule has 0 bridgehead atoms. The fourth-order valence-electron chi connectivity index (χ4n) is 3.53. The lowest BCUT2D eigenvalue weighted by Gasteiger charge is -2.31. The van der Waals surface area contributed by atoms with Crippen LogP contribution in [0.25, 0.3) is 0 Å². The first-order valence-electron chi connectivity index (χ1n) is 10.8. The highest BCUT2D eigenvalue weighted by Gasteiger charge is 2.21. The van der Waals surface area contributed by atoms with Crippen LogP contribution in [0.2, 0.25) is 0 Å². The lowest BCUT2D eigenvalue weighted by atomic mass is 9.79. The second-order valence-electron chi connectivity index (χ2n) is 10.8. The van der Waals surface area contributed by atoms with Crippen molar-refractivity contribution in [3.8, 4) is 5.75 Å². The molecule has 0 N–H and O–H groups in total. The largest absolute Gasteiger partial charge is 0.872 e. The molecular formula is C27H38NO-. The molecule has 2 heteroatoms. The van der Waals surface area contributed by atoms with Crippen molar-refractivity contribution in [1.29, 1.82) is 0 Å². The van der Waals surface area contributed by atoms with Crippen LogP contribution in [0.5, 0.6) is 5.75 Å². The van der Waals surface area contributed by atoms with E-state index < -0.39 is 0 Å². The van der Waals surface area contributed by atoms with Crippen molar-refractivity contribution in [2.45, 2.75) is 91.9 Å². The summed E-state index contributed by atoms with van der Waals surface area (Å²) < 4.78 is 0. The zero-order valence-electron chi connectivity index (χ0n) is 20.0. The molecule has 2 aromatic carbocycles. The predicted molar refractivity (Wildman–Crippen MR) is 125 cm³/mol. The van der Waals surface area contributed by atoms with Gasteiger partial charge in [0.1, 0.15) is 0 Å². The fourth-order valence-corrected chi connectivity index (χ4v) is 3.53. The number of nitrogens with zero attached hydrogens (tertiary/aromatic N) is 1. The minimum absolute atomic E-state index is 0.0325. The first-order valence-corrected chi connectivity index (χ1v) is 10.8. The first-order chi connectivity index (χ1) is 13.2. The fraction of sp³-hybridized carbons (Fsp3) is 0.519. The average molecular weight is 393 g/mol. The molecule has 0 aliphatic rings. The van der Waals surface area contributed by atoms with E-state index in [9.17, 15) is 5.11 Å². The van der Waals surface area contributed by atoms with Gasteiger partial charge in [-0.3, -0.25) is 4.99 Å². The van der Waals surface area contributed by atoms with E-state index in [2.05, 4.69) is 93.5 Å². The van der Waals surface area contributed by atoms with Crippen LogP contribution in [-0.4, -0.2) is 6.21 Å². The van der Waals surface area contributed by atoms with Gasteiger partial charge in [0.2, 0.25) is 0 Å². The molecule has 0 aliphatic carbocycles. The number of hydrogen-bond acceptors (Lipinski definition) is 2. The van der Waals surface area contributed by atoms with E-state index in [0.29, 0.717) is 17.4 Å². The molecule has 2 rings (SSSR count). The van der Waals surface area contributed by atoms with Crippen LogP contribution >= 0.6 is 0 Å². The molecule has 0 unspecified atom stereocenters. The lowest BCUT2D eigenvalue weighted by Crippen LogP contribution is -2.20. The number of para-hydroxylation sites is 1. The molecule has 29 heavy (non-hydrogen) atoms. The van der Waals surface area contributed by atoms with Crippen molar-refractivity contribution in [2.24, 2.45) is 4.99 Å². The Morgan fingerprint density at radius 2 is 1.34 bits per heavy atom. The highest BCUT2D eigenvalue weighted by molar-refractivity contribution is 5.87. The zero-order valence-corrected chi connectivity index (χ0v) is 20.0. The molecule has 2 nitrogen and oxygen atoms in total. The number of aliphatic imine (C=N–C) groups is 1.